The largest absolute Gasteiger partial charge is 0.474 e. The second-order valence-corrected chi connectivity index (χ2v) is 5.48. The van der Waals surface area contributed by atoms with Crippen LogP contribution >= 0.6 is 11.6 Å². The summed E-state index contributed by atoms with van der Waals surface area (Å²) < 4.78 is 9.90. The predicted octanol–water partition coefficient (Wildman–Crippen LogP) is 2.84. The molecule has 0 radical (unpaired) electrons. The standard InChI is InChI=1S/C16H14ClN3O6/c1-9(15(21)19-14-6-4-11(17)8-18-14)26-13-5-3-10(16(22)25-2)7-12(13)20(23)24/h3-9H,1-2H3,(H,18,19,21)/t9-/m0/s1. The van der Waals surface area contributed by atoms with Gasteiger partial charge in [-0.2, -0.15) is 0 Å². The molecule has 1 amide bonds. The van der Waals surface area contributed by atoms with Gasteiger partial charge in [0.15, 0.2) is 11.9 Å². The topological polar surface area (TPSA) is 121 Å². The third-order valence-electron chi connectivity index (χ3n) is 3.23. The molecule has 136 valence electrons. The molecule has 0 spiro atoms. The van der Waals surface area contributed by atoms with Crippen LogP contribution in [0.15, 0.2) is 36.5 Å². The molecule has 0 saturated carbocycles. The van der Waals surface area contributed by atoms with E-state index in [0.717, 1.165) is 13.2 Å². The molecule has 0 fully saturated rings. The fourth-order valence-corrected chi connectivity index (χ4v) is 2.04. The first-order valence-electron chi connectivity index (χ1n) is 7.27. The lowest BCUT2D eigenvalue weighted by atomic mass is 10.2. The van der Waals surface area contributed by atoms with E-state index < -0.39 is 28.6 Å². The highest BCUT2D eigenvalue weighted by atomic mass is 35.5. The smallest absolute Gasteiger partial charge is 0.338 e. The third kappa shape index (κ3) is 4.67. The fourth-order valence-electron chi connectivity index (χ4n) is 1.93. The van der Waals surface area contributed by atoms with Gasteiger partial charge in [0.25, 0.3) is 5.91 Å². The number of esters is 1. The van der Waals surface area contributed by atoms with E-state index in [1.165, 1.54) is 31.3 Å². The summed E-state index contributed by atoms with van der Waals surface area (Å²) >= 11 is 5.71. The first-order chi connectivity index (χ1) is 12.3. The highest BCUT2D eigenvalue weighted by Crippen LogP contribution is 2.29. The maximum absolute atomic E-state index is 12.2. The normalized spacial score (nSPS) is 11.3. The van der Waals surface area contributed by atoms with Crippen molar-refractivity contribution < 1.29 is 24.0 Å². The summed E-state index contributed by atoms with van der Waals surface area (Å²) in [6.45, 7) is 1.42. The Balaban J connectivity index is 2.15. The van der Waals surface area contributed by atoms with E-state index in [2.05, 4.69) is 15.0 Å². The lowest BCUT2D eigenvalue weighted by Gasteiger charge is -2.14. The van der Waals surface area contributed by atoms with Crippen LogP contribution in [0.3, 0.4) is 0 Å². The van der Waals surface area contributed by atoms with Crippen LogP contribution in [-0.2, 0) is 9.53 Å². The molecule has 0 bridgehead atoms. The van der Waals surface area contributed by atoms with Gasteiger partial charge in [0.1, 0.15) is 5.82 Å². The summed E-state index contributed by atoms with van der Waals surface area (Å²) in [6, 6.07) is 6.60. The van der Waals surface area contributed by atoms with Gasteiger partial charge in [-0.3, -0.25) is 14.9 Å². The van der Waals surface area contributed by atoms with E-state index in [9.17, 15) is 19.7 Å². The number of carbonyl (C=O) groups is 2. The number of carbonyl (C=O) groups excluding carboxylic acids is 2. The van der Waals surface area contributed by atoms with Crippen molar-refractivity contribution >= 4 is 35.0 Å². The van der Waals surface area contributed by atoms with Crippen molar-refractivity contribution in [3.63, 3.8) is 0 Å². The molecule has 0 aliphatic heterocycles. The van der Waals surface area contributed by atoms with E-state index in [4.69, 9.17) is 16.3 Å². The van der Waals surface area contributed by atoms with Crippen molar-refractivity contribution in [2.45, 2.75) is 13.0 Å². The number of anilines is 1. The van der Waals surface area contributed by atoms with Gasteiger partial charge in [0.2, 0.25) is 0 Å². The van der Waals surface area contributed by atoms with Gasteiger partial charge in [-0.05, 0) is 31.2 Å². The van der Waals surface area contributed by atoms with Gasteiger partial charge < -0.3 is 14.8 Å². The number of rotatable bonds is 6. The Morgan fingerprint density at radius 3 is 2.62 bits per heavy atom. The predicted molar refractivity (Wildman–Crippen MR) is 92.4 cm³/mol. The number of amides is 1. The van der Waals surface area contributed by atoms with Crippen LogP contribution in [0.5, 0.6) is 5.75 Å². The van der Waals surface area contributed by atoms with Crippen LogP contribution in [0.1, 0.15) is 17.3 Å². The number of halogens is 1. The summed E-state index contributed by atoms with van der Waals surface area (Å²) in [4.78, 5) is 38.1. The molecule has 1 N–H and O–H groups in total. The maximum Gasteiger partial charge on any atom is 0.338 e. The van der Waals surface area contributed by atoms with Crippen molar-refractivity contribution in [3.8, 4) is 5.75 Å². The minimum Gasteiger partial charge on any atom is -0.474 e. The Morgan fingerprint density at radius 2 is 2.04 bits per heavy atom. The summed E-state index contributed by atoms with van der Waals surface area (Å²) in [5, 5.41) is 14.1. The molecule has 0 unspecified atom stereocenters. The molecule has 1 atom stereocenters. The second-order valence-electron chi connectivity index (χ2n) is 5.04. The highest BCUT2D eigenvalue weighted by molar-refractivity contribution is 6.30. The number of hydrogen-bond donors (Lipinski definition) is 1. The van der Waals surface area contributed by atoms with E-state index >= 15 is 0 Å². The van der Waals surface area contributed by atoms with E-state index in [1.807, 2.05) is 0 Å². The molecule has 1 heterocycles. The van der Waals surface area contributed by atoms with Gasteiger partial charge in [0.05, 0.1) is 22.6 Å². The lowest BCUT2D eigenvalue weighted by Crippen LogP contribution is -2.30. The van der Waals surface area contributed by atoms with Gasteiger partial charge >= 0.3 is 11.7 Å². The third-order valence-corrected chi connectivity index (χ3v) is 3.45. The van der Waals surface area contributed by atoms with Crippen LogP contribution < -0.4 is 10.1 Å². The van der Waals surface area contributed by atoms with Gasteiger partial charge in [-0.15, -0.1) is 0 Å². The van der Waals surface area contributed by atoms with Gasteiger partial charge in [0, 0.05) is 12.3 Å². The number of nitro groups is 1. The molecule has 9 nitrogen and oxygen atoms in total. The summed E-state index contributed by atoms with van der Waals surface area (Å²) in [6.07, 6.45) is 0.300. The van der Waals surface area contributed by atoms with Crippen molar-refractivity contribution in [2.24, 2.45) is 0 Å². The molecule has 1 aromatic heterocycles. The molecular formula is C16H14ClN3O6. The van der Waals surface area contributed by atoms with Crippen LogP contribution in [0.4, 0.5) is 11.5 Å². The number of hydrogen-bond acceptors (Lipinski definition) is 7. The molecule has 2 aromatic rings. The number of aromatic nitrogens is 1. The number of benzene rings is 1. The number of nitrogens with zero attached hydrogens (tertiary/aromatic N) is 2. The minimum atomic E-state index is -1.06. The van der Waals surface area contributed by atoms with Crippen molar-refractivity contribution in [1.29, 1.82) is 0 Å². The lowest BCUT2D eigenvalue weighted by molar-refractivity contribution is -0.386. The van der Waals surface area contributed by atoms with Gasteiger partial charge in [-0.1, -0.05) is 11.6 Å². The number of ether oxygens (including phenoxy) is 2. The Morgan fingerprint density at radius 1 is 1.31 bits per heavy atom. The van der Waals surface area contributed by atoms with E-state index in [-0.39, 0.29) is 17.1 Å². The highest BCUT2D eigenvalue weighted by Gasteiger charge is 2.23. The molecule has 26 heavy (non-hydrogen) atoms. The number of methoxy groups -OCH3 is 1. The SMILES string of the molecule is COC(=O)c1ccc(O[C@@H](C)C(=O)Nc2ccc(Cl)cn2)c([N+](=O)[O-])c1. The zero-order valence-corrected chi connectivity index (χ0v) is 14.5. The molecule has 10 heteroatoms. The van der Waals surface area contributed by atoms with Crippen LogP contribution in [0.25, 0.3) is 0 Å². The van der Waals surface area contributed by atoms with Crippen LogP contribution in [0, 0.1) is 10.1 Å². The van der Waals surface area contributed by atoms with Crippen LogP contribution in [0.2, 0.25) is 5.02 Å². The molecule has 0 aliphatic rings. The minimum absolute atomic E-state index is 0.00554. The first-order valence-corrected chi connectivity index (χ1v) is 7.65. The Labute approximate surface area is 153 Å². The average molecular weight is 380 g/mol. The van der Waals surface area contributed by atoms with Crippen LogP contribution in [-0.4, -0.2) is 35.0 Å². The average Bonchev–Trinajstić information content (AvgIpc) is 2.62. The van der Waals surface area contributed by atoms with Crippen molar-refractivity contribution in [1.82, 2.24) is 4.98 Å². The molecule has 0 aliphatic carbocycles. The number of pyridine rings is 1. The Bertz CT molecular complexity index is 840. The van der Waals surface area contributed by atoms with Gasteiger partial charge in [-0.25, -0.2) is 9.78 Å². The van der Waals surface area contributed by atoms with Crippen molar-refractivity contribution in [3.05, 3.63) is 57.2 Å². The first kappa shape index (κ1) is 19.1. The number of nitrogens with one attached hydrogen (secondary N) is 1. The zero-order chi connectivity index (χ0) is 19.3. The van der Waals surface area contributed by atoms with E-state index in [0.29, 0.717) is 5.02 Å². The fraction of sp³-hybridized carbons (Fsp3) is 0.188. The Hall–Kier alpha value is -3.20. The second kappa shape index (κ2) is 8.26. The maximum atomic E-state index is 12.2. The molecule has 0 saturated heterocycles. The number of nitro benzene ring substituents is 1. The molecule has 1 aromatic carbocycles. The monoisotopic (exact) mass is 379 g/mol. The van der Waals surface area contributed by atoms with E-state index in [1.54, 1.807) is 6.07 Å². The zero-order valence-electron chi connectivity index (χ0n) is 13.8. The quantitative estimate of drug-likeness (QED) is 0.465. The Kier molecular flexibility index (Phi) is 6.07. The summed E-state index contributed by atoms with van der Waals surface area (Å²) in [5.41, 5.74) is -0.466. The molecular weight excluding hydrogens is 366 g/mol. The van der Waals surface area contributed by atoms with Crippen molar-refractivity contribution in [2.75, 3.05) is 12.4 Å². The molecule has 2 rings (SSSR count). The summed E-state index contributed by atoms with van der Waals surface area (Å²) in [7, 11) is 1.16. The summed E-state index contributed by atoms with van der Waals surface area (Å²) in [5.74, 6) is -1.19.